The number of carbonyl (C=O) groups excluding carboxylic acids is 1. The fourth-order valence-electron chi connectivity index (χ4n) is 4.33. The van der Waals surface area contributed by atoms with Crippen molar-refractivity contribution in [3.05, 3.63) is 77.4 Å². The minimum Gasteiger partial charge on any atom is -0.382 e. The number of halogens is 1. The summed E-state index contributed by atoms with van der Waals surface area (Å²) in [4.78, 5) is 21.6. The quantitative estimate of drug-likeness (QED) is 0.635. The minimum absolute atomic E-state index is 0.0135. The number of hydrogen-bond acceptors (Lipinski definition) is 5. The van der Waals surface area contributed by atoms with Crippen molar-refractivity contribution in [3.63, 3.8) is 0 Å². The highest BCUT2D eigenvalue weighted by Gasteiger charge is 2.39. The van der Waals surface area contributed by atoms with Crippen molar-refractivity contribution in [2.45, 2.75) is 37.1 Å². The molecule has 1 aromatic heterocycles. The third kappa shape index (κ3) is 4.21. The standard InChI is InChI=1S/C25H25FN4O2/c26-20-12-17(23-24(27)28-14-22(29-23)16-8-10-32-11-9-16)6-7-18(20)25(31)30-21-13-19(21)15-4-2-1-3-5-15/h1-7,12,14,16,19,21H,8-11,13H2,(H2,27,28)(H,30,31)/t19?,21-/m0/s1. The lowest BCUT2D eigenvalue weighted by Crippen LogP contribution is -2.27. The lowest BCUT2D eigenvalue weighted by molar-refractivity contribution is 0.0844. The Balaban J connectivity index is 1.32. The number of anilines is 1. The van der Waals surface area contributed by atoms with E-state index in [1.807, 2.05) is 30.3 Å². The molecule has 0 radical (unpaired) electrons. The Kier molecular flexibility index (Phi) is 5.57. The van der Waals surface area contributed by atoms with Crippen molar-refractivity contribution in [2.75, 3.05) is 18.9 Å². The van der Waals surface area contributed by atoms with Crippen LogP contribution in [-0.2, 0) is 4.74 Å². The molecule has 2 aliphatic rings. The normalized spacial score (nSPS) is 20.7. The summed E-state index contributed by atoms with van der Waals surface area (Å²) in [7, 11) is 0. The van der Waals surface area contributed by atoms with Crippen LogP contribution in [0.15, 0.2) is 54.7 Å². The number of nitrogens with one attached hydrogen (secondary N) is 1. The third-order valence-corrected chi connectivity index (χ3v) is 6.28. The molecule has 32 heavy (non-hydrogen) atoms. The Labute approximate surface area is 186 Å². The molecule has 2 fully saturated rings. The van der Waals surface area contributed by atoms with Crippen LogP contribution in [0.2, 0.25) is 0 Å². The van der Waals surface area contributed by atoms with Crippen molar-refractivity contribution >= 4 is 11.7 Å². The predicted octanol–water partition coefficient (Wildman–Crippen LogP) is 4.04. The molecule has 1 amide bonds. The van der Waals surface area contributed by atoms with Gasteiger partial charge in [-0.15, -0.1) is 0 Å². The van der Waals surface area contributed by atoms with Gasteiger partial charge in [0.25, 0.3) is 5.91 Å². The van der Waals surface area contributed by atoms with E-state index < -0.39 is 11.7 Å². The van der Waals surface area contributed by atoms with Gasteiger partial charge in [-0.05, 0) is 37.0 Å². The van der Waals surface area contributed by atoms with E-state index in [0.29, 0.717) is 24.5 Å². The molecular formula is C25H25FN4O2. The molecule has 2 atom stereocenters. The van der Waals surface area contributed by atoms with Gasteiger partial charge in [-0.1, -0.05) is 36.4 Å². The smallest absolute Gasteiger partial charge is 0.254 e. The van der Waals surface area contributed by atoms with E-state index in [1.165, 1.54) is 17.7 Å². The number of nitrogens with two attached hydrogens (primary N) is 1. The maximum Gasteiger partial charge on any atom is 0.254 e. The zero-order valence-corrected chi connectivity index (χ0v) is 17.6. The molecule has 1 aliphatic carbocycles. The van der Waals surface area contributed by atoms with Gasteiger partial charge in [-0.25, -0.2) is 14.4 Å². The maximum atomic E-state index is 14.9. The molecule has 6 nitrogen and oxygen atoms in total. The van der Waals surface area contributed by atoms with Crippen LogP contribution >= 0.6 is 0 Å². The average Bonchev–Trinajstić information content (AvgIpc) is 3.59. The fraction of sp³-hybridized carbons (Fsp3) is 0.320. The van der Waals surface area contributed by atoms with Gasteiger partial charge in [-0.3, -0.25) is 4.79 Å². The summed E-state index contributed by atoms with van der Waals surface area (Å²) in [6, 6.07) is 14.5. The number of aromatic nitrogens is 2. The van der Waals surface area contributed by atoms with E-state index in [4.69, 9.17) is 10.5 Å². The van der Waals surface area contributed by atoms with Crippen molar-refractivity contribution in [1.29, 1.82) is 0 Å². The molecule has 1 aliphatic heterocycles. The van der Waals surface area contributed by atoms with Crippen LogP contribution in [0.5, 0.6) is 0 Å². The molecule has 7 heteroatoms. The van der Waals surface area contributed by atoms with Gasteiger partial charge >= 0.3 is 0 Å². The molecule has 3 aromatic rings. The van der Waals surface area contributed by atoms with E-state index in [9.17, 15) is 9.18 Å². The summed E-state index contributed by atoms with van der Waals surface area (Å²) in [5, 5.41) is 2.94. The van der Waals surface area contributed by atoms with E-state index in [1.54, 1.807) is 12.3 Å². The third-order valence-electron chi connectivity index (χ3n) is 6.28. The molecule has 3 N–H and O–H groups in total. The second-order valence-electron chi connectivity index (χ2n) is 8.44. The summed E-state index contributed by atoms with van der Waals surface area (Å²) in [6.07, 6.45) is 4.29. The molecule has 1 saturated heterocycles. The van der Waals surface area contributed by atoms with E-state index in [2.05, 4.69) is 15.3 Å². The molecule has 0 bridgehead atoms. The van der Waals surface area contributed by atoms with Crippen LogP contribution in [0.25, 0.3) is 11.3 Å². The van der Waals surface area contributed by atoms with E-state index in [-0.39, 0.29) is 29.3 Å². The Morgan fingerprint density at radius 1 is 1.12 bits per heavy atom. The summed E-state index contributed by atoms with van der Waals surface area (Å²) in [5.74, 6) is -0.241. The van der Waals surface area contributed by atoms with Crippen molar-refractivity contribution in [2.24, 2.45) is 0 Å². The molecular weight excluding hydrogens is 407 g/mol. The van der Waals surface area contributed by atoms with Gasteiger partial charge < -0.3 is 15.8 Å². The largest absolute Gasteiger partial charge is 0.382 e. The first-order chi connectivity index (χ1) is 15.6. The first-order valence-electron chi connectivity index (χ1n) is 11.0. The van der Waals surface area contributed by atoms with Crippen LogP contribution in [-0.4, -0.2) is 35.1 Å². The molecule has 1 saturated carbocycles. The summed E-state index contributed by atoms with van der Waals surface area (Å²) < 4.78 is 20.3. The van der Waals surface area contributed by atoms with Crippen molar-refractivity contribution in [3.8, 4) is 11.3 Å². The molecule has 2 aromatic carbocycles. The van der Waals surface area contributed by atoms with Gasteiger partial charge in [0, 0.05) is 36.7 Å². The van der Waals surface area contributed by atoms with Crippen molar-refractivity contribution in [1.82, 2.24) is 15.3 Å². The Morgan fingerprint density at radius 3 is 2.66 bits per heavy atom. The van der Waals surface area contributed by atoms with Crippen LogP contribution < -0.4 is 11.1 Å². The number of benzene rings is 2. The highest BCUT2D eigenvalue weighted by Crippen LogP contribution is 2.40. The monoisotopic (exact) mass is 432 g/mol. The minimum atomic E-state index is -0.602. The number of carbonyl (C=O) groups is 1. The van der Waals surface area contributed by atoms with E-state index >= 15 is 0 Å². The van der Waals surface area contributed by atoms with Gasteiger partial charge in [0.05, 0.1) is 17.5 Å². The number of hydrogen-bond donors (Lipinski definition) is 2. The first kappa shape index (κ1) is 20.6. The van der Waals surface area contributed by atoms with Gasteiger partial charge in [0.15, 0.2) is 0 Å². The van der Waals surface area contributed by atoms with Crippen LogP contribution in [0, 0.1) is 5.82 Å². The second-order valence-corrected chi connectivity index (χ2v) is 8.44. The van der Waals surface area contributed by atoms with Gasteiger partial charge in [0.1, 0.15) is 17.3 Å². The van der Waals surface area contributed by atoms with Crippen LogP contribution in [0.1, 0.15) is 52.7 Å². The molecule has 2 heterocycles. The van der Waals surface area contributed by atoms with Crippen LogP contribution in [0.3, 0.4) is 0 Å². The topological polar surface area (TPSA) is 90.1 Å². The molecule has 0 spiro atoms. The van der Waals surface area contributed by atoms with Gasteiger partial charge in [-0.2, -0.15) is 0 Å². The zero-order chi connectivity index (χ0) is 22.1. The highest BCUT2D eigenvalue weighted by molar-refractivity contribution is 5.95. The first-order valence-corrected chi connectivity index (χ1v) is 11.0. The van der Waals surface area contributed by atoms with Crippen LogP contribution in [0.4, 0.5) is 10.2 Å². The summed E-state index contributed by atoms with van der Waals surface area (Å²) in [5.41, 5.74) is 9.02. The Bertz CT molecular complexity index is 1130. The second kappa shape index (κ2) is 8.67. The Morgan fingerprint density at radius 2 is 1.91 bits per heavy atom. The average molecular weight is 432 g/mol. The maximum absolute atomic E-state index is 14.9. The Hall–Kier alpha value is -3.32. The predicted molar refractivity (Wildman–Crippen MR) is 120 cm³/mol. The number of rotatable bonds is 5. The SMILES string of the molecule is Nc1ncc(C2CCOCC2)nc1-c1ccc(C(=O)N[C@H]2CC2c2ccccc2)c(F)c1. The van der Waals surface area contributed by atoms with Gasteiger partial charge in [0.2, 0.25) is 0 Å². The fourth-order valence-corrected chi connectivity index (χ4v) is 4.33. The molecule has 5 rings (SSSR count). The lowest BCUT2D eigenvalue weighted by atomic mass is 9.96. The zero-order valence-electron chi connectivity index (χ0n) is 17.6. The lowest BCUT2D eigenvalue weighted by Gasteiger charge is -2.22. The highest BCUT2D eigenvalue weighted by atomic mass is 19.1. The summed E-state index contributed by atoms with van der Waals surface area (Å²) in [6.45, 7) is 1.38. The molecule has 164 valence electrons. The number of amides is 1. The number of nitrogen functional groups attached to an aromatic ring is 1. The molecule has 1 unspecified atom stereocenters. The number of nitrogens with zero attached hydrogens (tertiary/aromatic N) is 2. The van der Waals surface area contributed by atoms with Crippen molar-refractivity contribution < 1.29 is 13.9 Å². The summed E-state index contributed by atoms with van der Waals surface area (Å²) >= 11 is 0. The number of ether oxygens (including phenoxy) is 1. The van der Waals surface area contributed by atoms with E-state index in [0.717, 1.165) is 25.0 Å².